The zero-order valence-electron chi connectivity index (χ0n) is 12.3. The van der Waals surface area contributed by atoms with Crippen LogP contribution in [0.5, 0.6) is 0 Å². The van der Waals surface area contributed by atoms with Crippen LogP contribution < -0.4 is 10.6 Å². The van der Waals surface area contributed by atoms with Gasteiger partial charge in [0.05, 0.1) is 6.04 Å². The van der Waals surface area contributed by atoms with Crippen molar-refractivity contribution in [1.82, 2.24) is 4.90 Å². The van der Waals surface area contributed by atoms with Crippen LogP contribution in [0.2, 0.25) is 0 Å². The molecule has 4 nitrogen and oxygen atoms in total. The minimum atomic E-state index is -0.410. The van der Waals surface area contributed by atoms with Crippen LogP contribution in [0.4, 0.5) is 5.69 Å². The molecule has 106 valence electrons. The van der Waals surface area contributed by atoms with Gasteiger partial charge in [0.25, 0.3) is 0 Å². The fraction of sp³-hybridized carbons (Fsp3) is 0.533. The lowest BCUT2D eigenvalue weighted by Gasteiger charge is -2.26. The maximum atomic E-state index is 12.0. The molecule has 1 amide bonds. The molecule has 4 heteroatoms. The van der Waals surface area contributed by atoms with E-state index in [0.29, 0.717) is 6.54 Å². The van der Waals surface area contributed by atoms with Gasteiger partial charge >= 0.3 is 0 Å². The van der Waals surface area contributed by atoms with Crippen LogP contribution in [0.15, 0.2) is 30.3 Å². The molecule has 0 bridgehead atoms. The molecular weight excluding hydrogens is 238 g/mol. The van der Waals surface area contributed by atoms with E-state index in [1.165, 1.54) is 0 Å². The summed E-state index contributed by atoms with van der Waals surface area (Å²) in [5.41, 5.74) is 7.02. The standard InChI is InChI=1S/C15H25N3O/c1-12(2)14(16)15(19)18(4)11-10-17(3)13-8-6-5-7-9-13/h5-9,12,14H,10-11,16H2,1-4H3/t14-/m0/s1. The number of carbonyl (C=O) groups excluding carboxylic acids is 1. The summed E-state index contributed by atoms with van der Waals surface area (Å²) in [5, 5.41) is 0. The monoisotopic (exact) mass is 263 g/mol. The summed E-state index contributed by atoms with van der Waals surface area (Å²) in [6.45, 7) is 5.39. The second-order valence-corrected chi connectivity index (χ2v) is 5.29. The Morgan fingerprint density at radius 3 is 2.26 bits per heavy atom. The average molecular weight is 263 g/mol. The van der Waals surface area contributed by atoms with Gasteiger partial charge in [-0.2, -0.15) is 0 Å². The SMILES string of the molecule is CC(C)[C@H](N)C(=O)N(C)CCN(C)c1ccccc1. The summed E-state index contributed by atoms with van der Waals surface area (Å²) < 4.78 is 0. The third-order valence-electron chi connectivity index (χ3n) is 3.35. The summed E-state index contributed by atoms with van der Waals surface area (Å²) >= 11 is 0. The third kappa shape index (κ3) is 4.56. The van der Waals surface area contributed by atoms with E-state index in [2.05, 4.69) is 17.0 Å². The largest absolute Gasteiger partial charge is 0.373 e. The van der Waals surface area contributed by atoms with E-state index in [1.54, 1.807) is 4.90 Å². The number of amides is 1. The van der Waals surface area contributed by atoms with E-state index in [-0.39, 0.29) is 11.8 Å². The van der Waals surface area contributed by atoms with Crippen molar-refractivity contribution in [2.24, 2.45) is 11.7 Å². The number of benzene rings is 1. The second-order valence-electron chi connectivity index (χ2n) is 5.29. The van der Waals surface area contributed by atoms with Gasteiger partial charge in [0.2, 0.25) is 5.91 Å². The van der Waals surface area contributed by atoms with Crippen molar-refractivity contribution in [1.29, 1.82) is 0 Å². The highest BCUT2D eigenvalue weighted by Gasteiger charge is 2.20. The average Bonchev–Trinajstić information content (AvgIpc) is 2.43. The molecule has 0 saturated heterocycles. The molecule has 0 saturated carbocycles. The molecule has 0 aliphatic rings. The molecule has 0 spiro atoms. The van der Waals surface area contributed by atoms with Gasteiger partial charge in [-0.15, -0.1) is 0 Å². The molecule has 1 aromatic carbocycles. The highest BCUT2D eigenvalue weighted by atomic mass is 16.2. The Labute approximate surface area is 116 Å². The van der Waals surface area contributed by atoms with Gasteiger partial charge in [-0.05, 0) is 18.1 Å². The number of para-hydroxylation sites is 1. The molecule has 1 atom stereocenters. The number of rotatable bonds is 6. The van der Waals surface area contributed by atoms with Crippen LogP contribution in [0.3, 0.4) is 0 Å². The molecule has 1 aromatic rings. The van der Waals surface area contributed by atoms with E-state index >= 15 is 0 Å². The predicted molar refractivity (Wildman–Crippen MR) is 80.2 cm³/mol. The Bertz CT molecular complexity index is 392. The maximum Gasteiger partial charge on any atom is 0.239 e. The van der Waals surface area contributed by atoms with Crippen molar-refractivity contribution in [2.75, 3.05) is 32.1 Å². The second kappa shape index (κ2) is 7.14. The zero-order chi connectivity index (χ0) is 14.4. The summed E-state index contributed by atoms with van der Waals surface area (Å²) in [6, 6.07) is 9.72. The maximum absolute atomic E-state index is 12.0. The lowest BCUT2D eigenvalue weighted by Crippen LogP contribution is -2.46. The number of likely N-dealkylation sites (N-methyl/N-ethyl adjacent to an activating group) is 2. The molecule has 19 heavy (non-hydrogen) atoms. The molecule has 0 radical (unpaired) electrons. The van der Waals surface area contributed by atoms with Gasteiger partial charge in [0.1, 0.15) is 0 Å². The molecule has 1 rings (SSSR count). The Kier molecular flexibility index (Phi) is 5.83. The first-order valence-corrected chi connectivity index (χ1v) is 6.70. The fourth-order valence-electron chi connectivity index (χ4n) is 1.76. The van der Waals surface area contributed by atoms with Crippen molar-refractivity contribution < 1.29 is 4.79 Å². The lowest BCUT2D eigenvalue weighted by molar-refractivity contribution is -0.132. The van der Waals surface area contributed by atoms with Crippen LogP contribution in [0.1, 0.15) is 13.8 Å². The Balaban J connectivity index is 2.46. The molecule has 2 N–H and O–H groups in total. The van der Waals surface area contributed by atoms with Gasteiger partial charge in [0, 0.05) is 32.9 Å². The smallest absolute Gasteiger partial charge is 0.239 e. The van der Waals surface area contributed by atoms with Gasteiger partial charge in [-0.25, -0.2) is 0 Å². The van der Waals surface area contributed by atoms with Crippen molar-refractivity contribution >= 4 is 11.6 Å². The number of nitrogens with two attached hydrogens (primary N) is 1. The van der Waals surface area contributed by atoms with E-state index in [9.17, 15) is 4.79 Å². The van der Waals surface area contributed by atoms with E-state index in [4.69, 9.17) is 5.73 Å². The van der Waals surface area contributed by atoms with Gasteiger partial charge in [0.15, 0.2) is 0 Å². The van der Waals surface area contributed by atoms with Gasteiger partial charge in [-0.1, -0.05) is 32.0 Å². The number of anilines is 1. The third-order valence-corrected chi connectivity index (χ3v) is 3.35. The highest BCUT2D eigenvalue weighted by Crippen LogP contribution is 2.10. The first-order valence-electron chi connectivity index (χ1n) is 6.70. The summed E-state index contributed by atoms with van der Waals surface area (Å²) in [4.78, 5) is 15.9. The summed E-state index contributed by atoms with van der Waals surface area (Å²) in [6.07, 6.45) is 0. The quantitative estimate of drug-likeness (QED) is 0.847. The summed E-state index contributed by atoms with van der Waals surface area (Å²) in [5.74, 6) is 0.179. The topological polar surface area (TPSA) is 49.6 Å². The molecular formula is C15H25N3O. The predicted octanol–water partition coefficient (Wildman–Crippen LogP) is 1.56. The molecule has 0 heterocycles. The van der Waals surface area contributed by atoms with Crippen molar-refractivity contribution in [3.63, 3.8) is 0 Å². The van der Waals surface area contributed by atoms with E-state index in [0.717, 1.165) is 12.2 Å². The molecule has 0 fully saturated rings. The Hall–Kier alpha value is -1.55. The number of nitrogens with zero attached hydrogens (tertiary/aromatic N) is 2. The normalized spacial score (nSPS) is 12.3. The van der Waals surface area contributed by atoms with Crippen LogP contribution in [-0.4, -0.2) is 44.0 Å². The number of hydrogen-bond donors (Lipinski definition) is 1. The van der Waals surface area contributed by atoms with E-state index in [1.807, 2.05) is 46.1 Å². The fourth-order valence-corrected chi connectivity index (χ4v) is 1.76. The van der Waals surface area contributed by atoms with Crippen LogP contribution in [0, 0.1) is 5.92 Å². The minimum Gasteiger partial charge on any atom is -0.373 e. The first kappa shape index (κ1) is 15.5. The Morgan fingerprint density at radius 1 is 1.16 bits per heavy atom. The number of carbonyl (C=O) groups is 1. The molecule has 0 aromatic heterocycles. The zero-order valence-corrected chi connectivity index (χ0v) is 12.3. The van der Waals surface area contributed by atoms with Crippen LogP contribution >= 0.6 is 0 Å². The van der Waals surface area contributed by atoms with Gasteiger partial charge < -0.3 is 15.5 Å². The van der Waals surface area contributed by atoms with Crippen molar-refractivity contribution in [2.45, 2.75) is 19.9 Å². The lowest BCUT2D eigenvalue weighted by atomic mass is 10.0. The molecule has 0 aliphatic carbocycles. The Morgan fingerprint density at radius 2 is 1.74 bits per heavy atom. The molecule has 0 aliphatic heterocycles. The summed E-state index contributed by atoms with van der Waals surface area (Å²) in [7, 11) is 3.83. The highest BCUT2D eigenvalue weighted by molar-refractivity contribution is 5.81. The van der Waals surface area contributed by atoms with Crippen molar-refractivity contribution in [3.8, 4) is 0 Å². The van der Waals surface area contributed by atoms with Gasteiger partial charge in [-0.3, -0.25) is 4.79 Å². The van der Waals surface area contributed by atoms with Crippen LogP contribution in [-0.2, 0) is 4.79 Å². The number of hydrogen-bond acceptors (Lipinski definition) is 3. The minimum absolute atomic E-state index is 0.0106. The van der Waals surface area contributed by atoms with Crippen molar-refractivity contribution in [3.05, 3.63) is 30.3 Å². The van der Waals surface area contributed by atoms with E-state index < -0.39 is 6.04 Å². The van der Waals surface area contributed by atoms with Crippen LogP contribution in [0.25, 0.3) is 0 Å². The first-order chi connectivity index (χ1) is 8.93. The molecule has 0 unspecified atom stereocenters.